The molecule has 0 aromatic rings. The minimum atomic E-state index is -0.533. The van der Waals surface area contributed by atoms with Gasteiger partial charge in [0, 0.05) is 18.8 Å². The first-order valence-corrected chi connectivity index (χ1v) is 11.8. The zero-order valence-corrected chi connectivity index (χ0v) is 18.3. The van der Waals surface area contributed by atoms with Crippen LogP contribution in [-0.4, -0.2) is 46.7 Å². The highest BCUT2D eigenvalue weighted by molar-refractivity contribution is 5.68. The summed E-state index contributed by atoms with van der Waals surface area (Å²) in [5.74, 6) is 0.887. The summed E-state index contributed by atoms with van der Waals surface area (Å²) in [4.78, 5) is 11.1. The summed E-state index contributed by atoms with van der Waals surface area (Å²) in [6.07, 6.45) is 13.8. The number of aliphatic hydroxyl groups excluding tert-OH is 3. The van der Waals surface area contributed by atoms with Crippen LogP contribution in [0.4, 0.5) is 0 Å². The minimum Gasteiger partial charge on any atom is -0.469 e. The zero-order valence-electron chi connectivity index (χ0n) is 18.3. The van der Waals surface area contributed by atoms with Gasteiger partial charge in [-0.1, -0.05) is 57.6 Å². The van der Waals surface area contributed by atoms with Gasteiger partial charge in [0.1, 0.15) is 0 Å². The van der Waals surface area contributed by atoms with Gasteiger partial charge in [-0.3, -0.25) is 4.79 Å². The third kappa shape index (κ3) is 7.69. The fraction of sp³-hybridized carbons (Fsp3) is 0.875. The fourth-order valence-electron chi connectivity index (χ4n) is 5.38. The van der Waals surface area contributed by atoms with E-state index in [2.05, 4.69) is 11.7 Å². The number of aliphatic hydroxyl groups is 3. The first kappa shape index (κ1) is 24.4. The molecule has 2 aliphatic rings. The van der Waals surface area contributed by atoms with E-state index in [0.29, 0.717) is 18.8 Å². The molecule has 0 bridgehead atoms. The molecular formula is C24H42O5. The summed E-state index contributed by atoms with van der Waals surface area (Å²) in [6, 6.07) is 0. The second kappa shape index (κ2) is 12.7. The first-order chi connectivity index (χ1) is 14.0. The summed E-state index contributed by atoms with van der Waals surface area (Å²) in [5.41, 5.74) is 0. The number of esters is 1. The number of carbonyl (C=O) groups excluding carboxylic acids is 1. The van der Waals surface area contributed by atoms with Gasteiger partial charge in [-0.2, -0.15) is 0 Å². The number of rotatable bonds is 12. The lowest BCUT2D eigenvalue weighted by molar-refractivity contribution is -0.140. The van der Waals surface area contributed by atoms with E-state index in [1.165, 1.54) is 26.4 Å². The Bertz CT molecular complexity index is 505. The molecule has 0 radical (unpaired) electrons. The molecule has 2 fully saturated rings. The lowest BCUT2D eigenvalue weighted by Gasteiger charge is -2.22. The molecule has 2 rings (SSSR count). The molecule has 0 aromatic carbocycles. The van der Waals surface area contributed by atoms with Gasteiger partial charge >= 0.3 is 5.97 Å². The minimum absolute atomic E-state index is 0.0467. The maximum Gasteiger partial charge on any atom is 0.305 e. The zero-order chi connectivity index (χ0) is 21.2. The van der Waals surface area contributed by atoms with Crippen LogP contribution in [0, 0.1) is 23.7 Å². The number of methoxy groups -OCH3 is 1. The van der Waals surface area contributed by atoms with Crippen LogP contribution in [0.5, 0.6) is 0 Å². The number of carbonyl (C=O) groups is 1. The van der Waals surface area contributed by atoms with Crippen LogP contribution >= 0.6 is 0 Å². The molecule has 0 amide bonds. The largest absolute Gasteiger partial charge is 0.469 e. The van der Waals surface area contributed by atoms with Crippen LogP contribution < -0.4 is 0 Å². The van der Waals surface area contributed by atoms with Crippen LogP contribution in [0.15, 0.2) is 12.2 Å². The van der Waals surface area contributed by atoms with Crippen molar-refractivity contribution in [1.29, 1.82) is 0 Å². The van der Waals surface area contributed by atoms with Crippen molar-refractivity contribution in [3.63, 3.8) is 0 Å². The highest BCUT2D eigenvalue weighted by Gasteiger charge is 2.40. The summed E-state index contributed by atoms with van der Waals surface area (Å²) in [5, 5.41) is 31.4. The topological polar surface area (TPSA) is 87.0 Å². The van der Waals surface area contributed by atoms with Crippen LogP contribution in [0.2, 0.25) is 0 Å². The van der Waals surface area contributed by atoms with Gasteiger partial charge in [0.05, 0.1) is 25.4 Å². The Hall–Kier alpha value is -0.910. The van der Waals surface area contributed by atoms with Crippen molar-refractivity contribution >= 4 is 5.97 Å². The summed E-state index contributed by atoms with van der Waals surface area (Å²) in [6.45, 7) is 2.22. The smallest absolute Gasteiger partial charge is 0.305 e. The first-order valence-electron chi connectivity index (χ1n) is 11.8. The molecule has 168 valence electrons. The predicted octanol–water partition coefficient (Wildman–Crippen LogP) is 3.99. The second-order valence-electron chi connectivity index (χ2n) is 9.24. The van der Waals surface area contributed by atoms with E-state index >= 15 is 0 Å². The van der Waals surface area contributed by atoms with Crippen molar-refractivity contribution in [1.82, 2.24) is 0 Å². The normalized spacial score (nSPS) is 33.4. The van der Waals surface area contributed by atoms with Gasteiger partial charge < -0.3 is 20.1 Å². The maximum absolute atomic E-state index is 11.1. The van der Waals surface area contributed by atoms with Crippen molar-refractivity contribution in [2.45, 2.75) is 102 Å². The Labute approximate surface area is 176 Å². The molecule has 5 heteroatoms. The van der Waals surface area contributed by atoms with Gasteiger partial charge in [0.2, 0.25) is 0 Å². The van der Waals surface area contributed by atoms with E-state index in [-0.39, 0.29) is 17.8 Å². The van der Waals surface area contributed by atoms with Crippen LogP contribution in [0.3, 0.4) is 0 Å². The Morgan fingerprint density at radius 3 is 2.55 bits per heavy atom. The Morgan fingerprint density at radius 2 is 1.83 bits per heavy atom. The predicted molar refractivity (Wildman–Crippen MR) is 114 cm³/mol. The molecule has 7 atom stereocenters. The van der Waals surface area contributed by atoms with E-state index in [9.17, 15) is 20.1 Å². The van der Waals surface area contributed by atoms with E-state index in [1.54, 1.807) is 0 Å². The van der Waals surface area contributed by atoms with E-state index in [1.807, 2.05) is 12.2 Å². The molecule has 5 nitrogen and oxygen atoms in total. The van der Waals surface area contributed by atoms with Crippen molar-refractivity contribution in [3.8, 4) is 0 Å². The van der Waals surface area contributed by atoms with Crippen LogP contribution in [0.25, 0.3) is 0 Å². The second-order valence-corrected chi connectivity index (χ2v) is 9.24. The highest BCUT2D eigenvalue weighted by Crippen LogP contribution is 2.39. The molecule has 2 unspecified atom stereocenters. The number of unbranched alkanes of at least 4 members (excludes halogenated alkanes) is 3. The van der Waals surface area contributed by atoms with Crippen LogP contribution in [-0.2, 0) is 9.53 Å². The standard InChI is InChI=1S/C24H42O5/c1-3-8-17-11-12-18(15-17)21(25)14-13-20-19(22(26)16-23(20)27)9-6-4-5-7-10-24(28)29-2/h13-14,17-23,25-27H,3-12,15-16H2,1-2H3/b14-13+/t17?,18?,19-,20-,21-,22+,23-/m1/s1. The number of hydrogen-bond donors (Lipinski definition) is 3. The van der Waals surface area contributed by atoms with Crippen LogP contribution in [0.1, 0.15) is 84.0 Å². The average Bonchev–Trinajstić information content (AvgIpc) is 3.27. The molecule has 0 aromatic heterocycles. The lowest BCUT2D eigenvalue weighted by Crippen LogP contribution is -2.22. The SMILES string of the molecule is CCCC1CCC([C@H](O)/C=C/[C@@H]2[C@@H](CCCCCCC(=O)OC)[C@@H](O)C[C@H]2O)C1. The molecule has 0 saturated heterocycles. The highest BCUT2D eigenvalue weighted by atomic mass is 16.5. The number of ether oxygens (including phenoxy) is 1. The molecule has 3 N–H and O–H groups in total. The number of hydrogen-bond acceptors (Lipinski definition) is 5. The Morgan fingerprint density at radius 1 is 1.07 bits per heavy atom. The Balaban J connectivity index is 1.76. The van der Waals surface area contributed by atoms with E-state index in [4.69, 9.17) is 0 Å². The van der Waals surface area contributed by atoms with Gasteiger partial charge in [-0.15, -0.1) is 0 Å². The van der Waals surface area contributed by atoms with Crippen molar-refractivity contribution in [2.24, 2.45) is 23.7 Å². The van der Waals surface area contributed by atoms with Crippen molar-refractivity contribution < 1.29 is 24.9 Å². The summed E-state index contributed by atoms with van der Waals surface area (Å²) in [7, 11) is 1.41. The van der Waals surface area contributed by atoms with E-state index in [0.717, 1.165) is 50.9 Å². The molecular weight excluding hydrogens is 368 g/mol. The third-order valence-electron chi connectivity index (χ3n) is 7.10. The fourth-order valence-corrected chi connectivity index (χ4v) is 5.38. The molecule has 2 aliphatic carbocycles. The van der Waals surface area contributed by atoms with Gasteiger partial charge in [0.25, 0.3) is 0 Å². The molecule has 2 saturated carbocycles. The Kier molecular flexibility index (Phi) is 10.7. The van der Waals surface area contributed by atoms with E-state index < -0.39 is 18.3 Å². The third-order valence-corrected chi connectivity index (χ3v) is 7.10. The van der Waals surface area contributed by atoms with Crippen molar-refractivity contribution in [2.75, 3.05) is 7.11 Å². The van der Waals surface area contributed by atoms with Gasteiger partial charge in [-0.25, -0.2) is 0 Å². The molecule has 0 aliphatic heterocycles. The summed E-state index contributed by atoms with van der Waals surface area (Å²) >= 11 is 0. The molecule has 29 heavy (non-hydrogen) atoms. The quantitative estimate of drug-likeness (QED) is 0.257. The average molecular weight is 411 g/mol. The lowest BCUT2D eigenvalue weighted by atomic mass is 9.87. The van der Waals surface area contributed by atoms with Gasteiger partial charge in [-0.05, 0) is 43.4 Å². The molecule has 0 spiro atoms. The molecule has 0 heterocycles. The van der Waals surface area contributed by atoms with Gasteiger partial charge in [0.15, 0.2) is 0 Å². The van der Waals surface area contributed by atoms with Crippen molar-refractivity contribution in [3.05, 3.63) is 12.2 Å². The monoisotopic (exact) mass is 410 g/mol. The maximum atomic E-state index is 11.1. The summed E-state index contributed by atoms with van der Waals surface area (Å²) < 4.78 is 4.65.